The molecule has 0 amide bonds. The summed E-state index contributed by atoms with van der Waals surface area (Å²) in [5.74, 6) is 0.938. The van der Waals surface area contributed by atoms with Gasteiger partial charge in [0, 0.05) is 13.1 Å². The van der Waals surface area contributed by atoms with Crippen LogP contribution in [0.5, 0.6) is 0 Å². The highest BCUT2D eigenvalue weighted by Gasteiger charge is 2.10. The van der Waals surface area contributed by atoms with Gasteiger partial charge in [-0.25, -0.2) is 0 Å². The van der Waals surface area contributed by atoms with Gasteiger partial charge in [0.25, 0.3) is 0 Å². The third-order valence-electron chi connectivity index (χ3n) is 1.77. The SMILES string of the molecule is C/C=C(/N)N1CCCC1. The molecule has 0 atom stereocenters. The van der Waals surface area contributed by atoms with E-state index in [-0.39, 0.29) is 0 Å². The van der Waals surface area contributed by atoms with Gasteiger partial charge in [-0.3, -0.25) is 0 Å². The van der Waals surface area contributed by atoms with Gasteiger partial charge in [0.2, 0.25) is 0 Å². The zero-order valence-electron chi connectivity index (χ0n) is 5.93. The lowest BCUT2D eigenvalue weighted by molar-refractivity contribution is 0.421. The summed E-state index contributed by atoms with van der Waals surface area (Å²) in [7, 11) is 0. The first-order chi connectivity index (χ1) is 4.34. The van der Waals surface area contributed by atoms with Crippen LogP contribution in [0.15, 0.2) is 11.9 Å². The molecule has 0 radical (unpaired) electrons. The van der Waals surface area contributed by atoms with Crippen LogP contribution in [0.1, 0.15) is 19.8 Å². The Morgan fingerprint density at radius 2 is 2.00 bits per heavy atom. The van der Waals surface area contributed by atoms with Crippen LogP contribution in [0.4, 0.5) is 0 Å². The van der Waals surface area contributed by atoms with Crippen molar-refractivity contribution in [2.24, 2.45) is 5.73 Å². The molecule has 1 aliphatic heterocycles. The minimum atomic E-state index is 0.938. The Hall–Kier alpha value is -0.660. The lowest BCUT2D eigenvalue weighted by Gasteiger charge is -2.16. The predicted octanol–water partition coefficient (Wildman–Crippen LogP) is 0.902. The van der Waals surface area contributed by atoms with E-state index >= 15 is 0 Å². The molecule has 2 N–H and O–H groups in total. The van der Waals surface area contributed by atoms with E-state index in [4.69, 9.17) is 5.73 Å². The molecule has 0 saturated carbocycles. The number of likely N-dealkylation sites (tertiary alicyclic amines) is 1. The largest absolute Gasteiger partial charge is 0.386 e. The monoisotopic (exact) mass is 126 g/mol. The van der Waals surface area contributed by atoms with Gasteiger partial charge in [0.15, 0.2) is 0 Å². The molecule has 1 rings (SSSR count). The topological polar surface area (TPSA) is 29.3 Å². The third-order valence-corrected chi connectivity index (χ3v) is 1.77. The van der Waals surface area contributed by atoms with Crippen LogP contribution in [0, 0.1) is 0 Å². The number of nitrogens with zero attached hydrogens (tertiary/aromatic N) is 1. The van der Waals surface area contributed by atoms with Gasteiger partial charge >= 0.3 is 0 Å². The molecule has 9 heavy (non-hydrogen) atoms. The zero-order valence-corrected chi connectivity index (χ0v) is 5.93. The van der Waals surface area contributed by atoms with Gasteiger partial charge in [-0.2, -0.15) is 0 Å². The molecule has 0 aromatic carbocycles. The second-order valence-corrected chi connectivity index (χ2v) is 2.41. The molecule has 1 saturated heterocycles. The van der Waals surface area contributed by atoms with Crippen molar-refractivity contribution in [3.63, 3.8) is 0 Å². The summed E-state index contributed by atoms with van der Waals surface area (Å²) in [5, 5.41) is 0. The second-order valence-electron chi connectivity index (χ2n) is 2.41. The van der Waals surface area contributed by atoms with Crippen LogP contribution in [0.2, 0.25) is 0 Å². The van der Waals surface area contributed by atoms with E-state index in [2.05, 4.69) is 4.90 Å². The normalized spacial score (nSPS) is 21.0. The van der Waals surface area contributed by atoms with Crippen LogP contribution in [-0.2, 0) is 0 Å². The summed E-state index contributed by atoms with van der Waals surface area (Å²) < 4.78 is 0. The summed E-state index contributed by atoms with van der Waals surface area (Å²) in [4.78, 5) is 2.22. The van der Waals surface area contributed by atoms with E-state index in [1.807, 2.05) is 13.0 Å². The van der Waals surface area contributed by atoms with Crippen LogP contribution >= 0.6 is 0 Å². The van der Waals surface area contributed by atoms with Gasteiger partial charge < -0.3 is 10.6 Å². The Morgan fingerprint density at radius 3 is 2.44 bits per heavy atom. The molecule has 1 heterocycles. The predicted molar refractivity (Wildman–Crippen MR) is 38.8 cm³/mol. The Balaban J connectivity index is 2.42. The number of rotatable bonds is 1. The first-order valence-corrected chi connectivity index (χ1v) is 3.51. The van der Waals surface area contributed by atoms with Crippen molar-refractivity contribution >= 4 is 0 Å². The third kappa shape index (κ3) is 1.37. The van der Waals surface area contributed by atoms with E-state index in [0.717, 1.165) is 18.9 Å². The van der Waals surface area contributed by atoms with Gasteiger partial charge in [0.1, 0.15) is 0 Å². The Morgan fingerprint density at radius 1 is 1.44 bits per heavy atom. The number of hydrogen-bond donors (Lipinski definition) is 1. The second kappa shape index (κ2) is 2.76. The summed E-state index contributed by atoms with van der Waals surface area (Å²) >= 11 is 0. The van der Waals surface area contributed by atoms with Crippen LogP contribution in [-0.4, -0.2) is 18.0 Å². The van der Waals surface area contributed by atoms with E-state index in [1.54, 1.807) is 0 Å². The van der Waals surface area contributed by atoms with Crippen molar-refractivity contribution in [1.29, 1.82) is 0 Å². The van der Waals surface area contributed by atoms with Crippen molar-refractivity contribution in [1.82, 2.24) is 4.90 Å². The van der Waals surface area contributed by atoms with E-state index in [1.165, 1.54) is 12.8 Å². The van der Waals surface area contributed by atoms with Gasteiger partial charge in [0.05, 0.1) is 5.82 Å². The smallest absolute Gasteiger partial charge is 0.0942 e. The Labute approximate surface area is 56.3 Å². The molecule has 0 aromatic heterocycles. The highest BCUT2D eigenvalue weighted by Crippen LogP contribution is 2.09. The maximum atomic E-state index is 5.67. The lowest BCUT2D eigenvalue weighted by Crippen LogP contribution is -2.23. The fourth-order valence-corrected chi connectivity index (χ4v) is 1.16. The summed E-state index contributed by atoms with van der Waals surface area (Å²) in [6.45, 7) is 4.28. The fraction of sp³-hybridized carbons (Fsp3) is 0.714. The molecule has 0 bridgehead atoms. The Kier molecular flexibility index (Phi) is 1.98. The maximum absolute atomic E-state index is 5.67. The highest BCUT2D eigenvalue weighted by molar-refractivity contribution is 4.95. The number of allylic oxidation sites excluding steroid dienone is 1. The first kappa shape index (κ1) is 6.46. The van der Waals surface area contributed by atoms with Crippen LogP contribution in [0.3, 0.4) is 0 Å². The molecule has 52 valence electrons. The van der Waals surface area contributed by atoms with Crippen molar-refractivity contribution in [3.8, 4) is 0 Å². The van der Waals surface area contributed by atoms with Crippen LogP contribution in [0.25, 0.3) is 0 Å². The van der Waals surface area contributed by atoms with E-state index in [9.17, 15) is 0 Å². The molecular weight excluding hydrogens is 112 g/mol. The van der Waals surface area contributed by atoms with Crippen LogP contribution < -0.4 is 5.73 Å². The molecule has 0 unspecified atom stereocenters. The summed E-state index contributed by atoms with van der Waals surface area (Å²) in [6.07, 6.45) is 4.56. The van der Waals surface area contributed by atoms with Crippen molar-refractivity contribution in [2.75, 3.05) is 13.1 Å². The molecule has 2 heteroatoms. The molecule has 2 nitrogen and oxygen atoms in total. The lowest BCUT2D eigenvalue weighted by atomic mass is 10.4. The number of hydrogen-bond acceptors (Lipinski definition) is 2. The van der Waals surface area contributed by atoms with Gasteiger partial charge in [-0.15, -0.1) is 0 Å². The minimum Gasteiger partial charge on any atom is -0.386 e. The molecular formula is C7H14N2. The molecule has 0 spiro atoms. The first-order valence-electron chi connectivity index (χ1n) is 3.51. The summed E-state index contributed by atoms with van der Waals surface area (Å²) in [6, 6.07) is 0. The molecule has 1 fully saturated rings. The quantitative estimate of drug-likeness (QED) is 0.565. The fourth-order valence-electron chi connectivity index (χ4n) is 1.16. The molecule has 0 aromatic rings. The summed E-state index contributed by atoms with van der Waals surface area (Å²) in [5.41, 5.74) is 5.67. The van der Waals surface area contributed by atoms with Crippen molar-refractivity contribution in [3.05, 3.63) is 11.9 Å². The van der Waals surface area contributed by atoms with Crippen molar-refractivity contribution < 1.29 is 0 Å². The standard InChI is InChI=1S/C7H14N2/c1-2-7(8)9-5-3-4-6-9/h2H,3-6,8H2,1H3/b7-2-. The zero-order chi connectivity index (χ0) is 6.69. The Bertz CT molecular complexity index is 112. The van der Waals surface area contributed by atoms with Gasteiger partial charge in [-0.05, 0) is 25.8 Å². The van der Waals surface area contributed by atoms with E-state index < -0.39 is 0 Å². The average molecular weight is 126 g/mol. The van der Waals surface area contributed by atoms with E-state index in [0.29, 0.717) is 0 Å². The minimum absolute atomic E-state index is 0.938. The maximum Gasteiger partial charge on any atom is 0.0942 e. The number of nitrogens with two attached hydrogens (primary N) is 1. The van der Waals surface area contributed by atoms with Crippen molar-refractivity contribution in [2.45, 2.75) is 19.8 Å². The van der Waals surface area contributed by atoms with Gasteiger partial charge in [-0.1, -0.05) is 0 Å². The highest BCUT2D eigenvalue weighted by atomic mass is 15.2. The molecule has 0 aliphatic carbocycles. The average Bonchev–Trinajstić information content (AvgIpc) is 2.37. The molecule has 1 aliphatic rings.